The molecule has 3 atom stereocenters. The normalized spacial score (nSPS) is 31.2. The van der Waals surface area contributed by atoms with Crippen molar-refractivity contribution < 1.29 is 19.1 Å². The fraction of sp³-hybridized carbons (Fsp3) is 0.471. The van der Waals surface area contributed by atoms with Gasteiger partial charge in [-0.2, -0.15) is 0 Å². The number of nitrogens with zero attached hydrogens (tertiary/aromatic N) is 1. The van der Waals surface area contributed by atoms with E-state index in [-0.39, 0.29) is 18.6 Å². The molecule has 1 spiro atoms. The van der Waals surface area contributed by atoms with Crippen LogP contribution in [0.15, 0.2) is 24.3 Å². The number of nitrogens with one attached hydrogen (secondary N) is 2. The molecule has 3 heterocycles. The van der Waals surface area contributed by atoms with E-state index in [0.29, 0.717) is 6.54 Å². The highest BCUT2D eigenvalue weighted by Crippen LogP contribution is 2.46. The van der Waals surface area contributed by atoms with Gasteiger partial charge < -0.3 is 9.64 Å². The molecule has 4 rings (SSSR count). The average molecular weight is 329 g/mol. The van der Waals surface area contributed by atoms with Crippen molar-refractivity contribution in [2.75, 3.05) is 11.4 Å². The standard InChI is InChI=1S/C17H19N3O4/c1-9-8-20-12-6-4-3-5-11(12)7-17(13(20)10(2)24-9)14(21)18-16(23)19-15(17)22/h3-6,9-10,13H,7-8H2,1-2H3,(H2,18,19,21,22,23)/t9?,10?,13-/m1/s1. The molecule has 3 aliphatic heterocycles. The van der Waals surface area contributed by atoms with Crippen LogP contribution in [0.25, 0.3) is 0 Å². The van der Waals surface area contributed by atoms with Crippen LogP contribution in [-0.4, -0.2) is 42.6 Å². The maximum atomic E-state index is 12.8. The number of morpholine rings is 1. The van der Waals surface area contributed by atoms with Crippen molar-refractivity contribution >= 4 is 23.5 Å². The van der Waals surface area contributed by atoms with E-state index < -0.39 is 29.3 Å². The van der Waals surface area contributed by atoms with Crippen molar-refractivity contribution in [3.05, 3.63) is 29.8 Å². The first-order chi connectivity index (χ1) is 11.4. The van der Waals surface area contributed by atoms with Gasteiger partial charge in [-0.1, -0.05) is 18.2 Å². The van der Waals surface area contributed by atoms with Crippen LogP contribution in [0.4, 0.5) is 10.5 Å². The minimum Gasteiger partial charge on any atom is -0.372 e. The first kappa shape index (κ1) is 15.1. The van der Waals surface area contributed by atoms with Crippen LogP contribution in [0.2, 0.25) is 0 Å². The number of fused-ring (bicyclic) bond motifs is 4. The Morgan fingerprint density at radius 3 is 2.50 bits per heavy atom. The Balaban J connectivity index is 1.91. The van der Waals surface area contributed by atoms with E-state index in [1.807, 2.05) is 38.1 Å². The Bertz CT molecular complexity index is 727. The van der Waals surface area contributed by atoms with Crippen LogP contribution in [0, 0.1) is 5.41 Å². The third-order valence-electron chi connectivity index (χ3n) is 5.22. The Labute approximate surface area is 139 Å². The molecule has 2 unspecified atom stereocenters. The molecule has 24 heavy (non-hydrogen) atoms. The van der Waals surface area contributed by atoms with Gasteiger partial charge in [0.2, 0.25) is 11.8 Å². The van der Waals surface area contributed by atoms with Gasteiger partial charge in [0, 0.05) is 12.2 Å². The number of amides is 4. The lowest BCUT2D eigenvalue weighted by atomic mass is 9.66. The highest BCUT2D eigenvalue weighted by molar-refractivity contribution is 6.20. The summed E-state index contributed by atoms with van der Waals surface area (Å²) in [5.41, 5.74) is 0.573. The predicted molar refractivity (Wildman–Crippen MR) is 85.4 cm³/mol. The molecule has 2 saturated heterocycles. The molecule has 0 radical (unpaired) electrons. The molecule has 0 bridgehead atoms. The van der Waals surface area contributed by atoms with E-state index >= 15 is 0 Å². The van der Waals surface area contributed by atoms with Gasteiger partial charge in [0.05, 0.1) is 18.2 Å². The Hall–Kier alpha value is -2.41. The number of barbiturate groups is 1. The molecule has 7 heteroatoms. The Kier molecular flexibility index (Phi) is 3.18. The van der Waals surface area contributed by atoms with Crippen LogP contribution in [-0.2, 0) is 20.7 Å². The van der Waals surface area contributed by atoms with Gasteiger partial charge in [0.1, 0.15) is 0 Å². The number of imide groups is 2. The van der Waals surface area contributed by atoms with Gasteiger partial charge >= 0.3 is 6.03 Å². The number of carbonyl (C=O) groups excluding carboxylic acids is 3. The number of para-hydroxylation sites is 1. The molecule has 1 aromatic carbocycles. The van der Waals surface area contributed by atoms with E-state index in [2.05, 4.69) is 15.5 Å². The molecule has 0 aromatic heterocycles. The summed E-state index contributed by atoms with van der Waals surface area (Å²) in [5, 5.41) is 4.55. The summed E-state index contributed by atoms with van der Waals surface area (Å²) in [6.07, 6.45) is -0.0974. The second-order valence-corrected chi connectivity index (χ2v) is 6.76. The monoisotopic (exact) mass is 329 g/mol. The highest BCUT2D eigenvalue weighted by Gasteiger charge is 2.62. The van der Waals surface area contributed by atoms with Crippen LogP contribution < -0.4 is 15.5 Å². The minimum atomic E-state index is -1.37. The maximum absolute atomic E-state index is 12.8. The average Bonchev–Trinajstić information content (AvgIpc) is 2.52. The molecule has 7 nitrogen and oxygen atoms in total. The van der Waals surface area contributed by atoms with E-state index in [0.717, 1.165) is 11.3 Å². The lowest BCUT2D eigenvalue weighted by molar-refractivity contribution is -0.153. The summed E-state index contributed by atoms with van der Waals surface area (Å²) < 4.78 is 5.94. The molecular formula is C17H19N3O4. The third-order valence-corrected chi connectivity index (χ3v) is 5.22. The highest BCUT2D eigenvalue weighted by atomic mass is 16.5. The molecule has 3 aliphatic rings. The molecule has 4 amide bonds. The number of carbonyl (C=O) groups is 3. The number of ether oxygens (including phenoxy) is 1. The fourth-order valence-electron chi connectivity index (χ4n) is 4.38. The Morgan fingerprint density at radius 1 is 1.12 bits per heavy atom. The van der Waals surface area contributed by atoms with Gasteiger partial charge in [-0.15, -0.1) is 0 Å². The summed E-state index contributed by atoms with van der Waals surface area (Å²) >= 11 is 0. The van der Waals surface area contributed by atoms with E-state index in [1.165, 1.54) is 0 Å². The van der Waals surface area contributed by atoms with Crippen molar-refractivity contribution in [3.8, 4) is 0 Å². The van der Waals surface area contributed by atoms with Gasteiger partial charge in [0.25, 0.3) is 0 Å². The lowest BCUT2D eigenvalue weighted by Gasteiger charge is -2.55. The second kappa shape index (κ2) is 5.04. The smallest absolute Gasteiger partial charge is 0.328 e. The quantitative estimate of drug-likeness (QED) is 0.680. The van der Waals surface area contributed by atoms with Crippen molar-refractivity contribution in [2.45, 2.75) is 38.5 Å². The third kappa shape index (κ3) is 1.91. The number of benzene rings is 1. The SMILES string of the molecule is CC1CN2c3ccccc3CC3(C(=O)NC(=O)NC3=O)[C@H]2C(C)O1. The first-order valence-corrected chi connectivity index (χ1v) is 8.10. The largest absolute Gasteiger partial charge is 0.372 e. The van der Waals surface area contributed by atoms with Crippen molar-refractivity contribution in [3.63, 3.8) is 0 Å². The van der Waals surface area contributed by atoms with Gasteiger partial charge in [-0.05, 0) is 31.9 Å². The zero-order valence-electron chi connectivity index (χ0n) is 13.5. The number of rotatable bonds is 0. The Morgan fingerprint density at radius 2 is 1.79 bits per heavy atom. The number of hydrogen-bond donors (Lipinski definition) is 2. The summed E-state index contributed by atoms with van der Waals surface area (Å²) in [6.45, 7) is 4.43. The van der Waals surface area contributed by atoms with Crippen molar-refractivity contribution in [1.29, 1.82) is 0 Å². The number of hydrogen-bond acceptors (Lipinski definition) is 5. The van der Waals surface area contributed by atoms with Crippen molar-refractivity contribution in [2.24, 2.45) is 5.41 Å². The van der Waals surface area contributed by atoms with E-state index in [9.17, 15) is 14.4 Å². The molecule has 2 fully saturated rings. The molecule has 2 N–H and O–H groups in total. The second-order valence-electron chi connectivity index (χ2n) is 6.76. The van der Waals surface area contributed by atoms with E-state index in [4.69, 9.17) is 4.74 Å². The summed E-state index contributed by atoms with van der Waals surface area (Å²) in [6, 6.07) is 6.54. The first-order valence-electron chi connectivity index (χ1n) is 8.10. The summed E-state index contributed by atoms with van der Waals surface area (Å²) in [5.74, 6) is -1.10. The maximum Gasteiger partial charge on any atom is 0.328 e. The van der Waals surface area contributed by atoms with Gasteiger partial charge in [-0.25, -0.2) is 4.79 Å². The summed E-state index contributed by atoms with van der Waals surface area (Å²) in [4.78, 5) is 39.2. The topological polar surface area (TPSA) is 87.7 Å². The molecule has 0 aliphatic carbocycles. The molecule has 126 valence electrons. The van der Waals surface area contributed by atoms with E-state index in [1.54, 1.807) is 0 Å². The van der Waals surface area contributed by atoms with Crippen LogP contribution in [0.3, 0.4) is 0 Å². The minimum absolute atomic E-state index is 0.0178. The zero-order valence-corrected chi connectivity index (χ0v) is 13.5. The molecule has 0 saturated carbocycles. The van der Waals surface area contributed by atoms with Crippen LogP contribution in [0.1, 0.15) is 19.4 Å². The predicted octanol–water partition coefficient (Wildman–Crippen LogP) is 0.577. The summed E-state index contributed by atoms with van der Waals surface area (Å²) in [7, 11) is 0. The lowest BCUT2D eigenvalue weighted by Crippen LogP contribution is -2.75. The van der Waals surface area contributed by atoms with Gasteiger partial charge in [-0.3, -0.25) is 20.2 Å². The number of anilines is 1. The fourth-order valence-corrected chi connectivity index (χ4v) is 4.38. The van der Waals surface area contributed by atoms with Crippen LogP contribution in [0.5, 0.6) is 0 Å². The number of urea groups is 1. The molecular weight excluding hydrogens is 310 g/mol. The van der Waals surface area contributed by atoms with Crippen molar-refractivity contribution in [1.82, 2.24) is 10.6 Å². The van der Waals surface area contributed by atoms with Crippen LogP contribution >= 0.6 is 0 Å². The molecule has 1 aromatic rings. The van der Waals surface area contributed by atoms with Gasteiger partial charge in [0.15, 0.2) is 5.41 Å². The zero-order chi connectivity index (χ0) is 17.1.